The van der Waals surface area contributed by atoms with Crippen molar-refractivity contribution in [1.29, 1.82) is 0 Å². The molecule has 2 rings (SSSR count). The quantitative estimate of drug-likeness (QED) is 0.430. The molecule has 0 nitrogen and oxygen atoms in total. The average molecular weight is 361 g/mol. The molecular formula is C26H48. The van der Waals surface area contributed by atoms with E-state index in [1.807, 2.05) is 0 Å². The second kappa shape index (κ2) is 15.8. The fourth-order valence-corrected chi connectivity index (χ4v) is 5.09. The van der Waals surface area contributed by atoms with Gasteiger partial charge in [-0.25, -0.2) is 0 Å². The topological polar surface area (TPSA) is 0 Å². The predicted octanol–water partition coefficient (Wildman–Crippen LogP) is 9.38. The lowest BCUT2D eigenvalue weighted by molar-refractivity contribution is 0.434. The molecule has 0 saturated heterocycles. The molecule has 2 saturated carbocycles. The Bertz CT molecular complexity index is 273. The maximum atomic E-state index is 2.68. The van der Waals surface area contributed by atoms with E-state index in [2.05, 4.69) is 12.2 Å². The van der Waals surface area contributed by atoms with Crippen LogP contribution in [-0.4, -0.2) is 0 Å². The first kappa shape index (κ1) is 22.0. The highest BCUT2D eigenvalue weighted by Crippen LogP contribution is 2.26. The molecule has 2 aliphatic rings. The summed E-state index contributed by atoms with van der Waals surface area (Å²) in [4.78, 5) is 0. The SMILES string of the molecule is C(=C\C1CCCCCCCCCCC1)/C1CCCCCCCCCCC1. The normalized spacial score (nSPS) is 25.7. The maximum absolute atomic E-state index is 2.68. The molecule has 0 amide bonds. The van der Waals surface area contributed by atoms with Crippen molar-refractivity contribution in [3.05, 3.63) is 12.2 Å². The summed E-state index contributed by atoms with van der Waals surface area (Å²) >= 11 is 0. The predicted molar refractivity (Wildman–Crippen MR) is 118 cm³/mol. The van der Waals surface area contributed by atoms with Gasteiger partial charge in [-0.2, -0.15) is 0 Å². The molecule has 0 heterocycles. The van der Waals surface area contributed by atoms with Crippen molar-refractivity contribution < 1.29 is 0 Å². The zero-order valence-electron chi connectivity index (χ0n) is 17.9. The summed E-state index contributed by atoms with van der Waals surface area (Å²) in [6.07, 6.45) is 37.9. The number of allylic oxidation sites excluding steroid dienone is 2. The molecule has 152 valence electrons. The lowest BCUT2D eigenvalue weighted by atomic mass is 9.89. The summed E-state index contributed by atoms with van der Waals surface area (Å²) in [6.45, 7) is 0. The molecule has 0 heteroatoms. The summed E-state index contributed by atoms with van der Waals surface area (Å²) < 4.78 is 0. The smallest absolute Gasteiger partial charge is 0.0233 e. The molecule has 0 N–H and O–H groups in total. The minimum atomic E-state index is 0.885. The van der Waals surface area contributed by atoms with Crippen LogP contribution >= 0.6 is 0 Å². The van der Waals surface area contributed by atoms with Gasteiger partial charge in [0.1, 0.15) is 0 Å². The van der Waals surface area contributed by atoms with E-state index in [0.717, 1.165) is 11.8 Å². The van der Waals surface area contributed by atoms with Gasteiger partial charge in [-0.05, 0) is 37.5 Å². The van der Waals surface area contributed by atoms with Gasteiger partial charge in [0.05, 0.1) is 0 Å². The first-order chi connectivity index (χ1) is 12.9. The third kappa shape index (κ3) is 11.5. The lowest BCUT2D eigenvalue weighted by Crippen LogP contribution is -2.02. The standard InChI is InChI=1S/C26H48/c1-3-7-11-15-19-25(20-16-12-8-4-1)23-24-26-21-17-13-9-5-2-6-10-14-18-22-26/h23-26H,1-22H2/b24-23+. The number of hydrogen-bond acceptors (Lipinski definition) is 0. The van der Waals surface area contributed by atoms with Crippen molar-refractivity contribution in [2.45, 2.75) is 141 Å². The summed E-state index contributed by atoms with van der Waals surface area (Å²) in [5.41, 5.74) is 0. The van der Waals surface area contributed by atoms with E-state index in [1.54, 1.807) is 0 Å². The van der Waals surface area contributed by atoms with Crippen LogP contribution in [0.25, 0.3) is 0 Å². The van der Waals surface area contributed by atoms with Crippen molar-refractivity contribution in [1.82, 2.24) is 0 Å². The Hall–Kier alpha value is -0.260. The van der Waals surface area contributed by atoms with E-state index in [0.29, 0.717) is 0 Å². The molecule has 0 radical (unpaired) electrons. The molecular weight excluding hydrogens is 312 g/mol. The van der Waals surface area contributed by atoms with Crippen molar-refractivity contribution in [2.24, 2.45) is 11.8 Å². The van der Waals surface area contributed by atoms with Crippen LogP contribution in [0.2, 0.25) is 0 Å². The van der Waals surface area contributed by atoms with Gasteiger partial charge in [0.15, 0.2) is 0 Å². The summed E-state index contributed by atoms with van der Waals surface area (Å²) in [6, 6.07) is 0. The zero-order valence-corrected chi connectivity index (χ0v) is 17.9. The summed E-state index contributed by atoms with van der Waals surface area (Å²) in [5, 5.41) is 0. The highest BCUT2D eigenvalue weighted by Gasteiger charge is 2.10. The first-order valence-corrected chi connectivity index (χ1v) is 12.6. The number of rotatable bonds is 2. The van der Waals surface area contributed by atoms with E-state index in [9.17, 15) is 0 Å². The molecule has 0 aromatic carbocycles. The zero-order chi connectivity index (χ0) is 18.1. The highest BCUT2D eigenvalue weighted by atomic mass is 14.2. The second-order valence-corrected chi connectivity index (χ2v) is 9.42. The molecule has 0 aromatic heterocycles. The van der Waals surface area contributed by atoms with Gasteiger partial charge in [-0.1, -0.05) is 128 Å². The minimum Gasteiger partial charge on any atom is -0.0851 e. The fourth-order valence-electron chi connectivity index (χ4n) is 5.09. The van der Waals surface area contributed by atoms with Crippen LogP contribution in [0.3, 0.4) is 0 Å². The van der Waals surface area contributed by atoms with Crippen LogP contribution < -0.4 is 0 Å². The van der Waals surface area contributed by atoms with Gasteiger partial charge >= 0.3 is 0 Å². The highest BCUT2D eigenvalue weighted by molar-refractivity contribution is 4.93. The van der Waals surface area contributed by atoms with Gasteiger partial charge in [0.2, 0.25) is 0 Å². The van der Waals surface area contributed by atoms with Crippen molar-refractivity contribution >= 4 is 0 Å². The third-order valence-electron chi connectivity index (χ3n) is 6.96. The van der Waals surface area contributed by atoms with Crippen LogP contribution in [0.4, 0.5) is 0 Å². The third-order valence-corrected chi connectivity index (χ3v) is 6.96. The van der Waals surface area contributed by atoms with Gasteiger partial charge < -0.3 is 0 Å². The van der Waals surface area contributed by atoms with Crippen molar-refractivity contribution in [2.75, 3.05) is 0 Å². The molecule has 0 bridgehead atoms. The summed E-state index contributed by atoms with van der Waals surface area (Å²) in [5.74, 6) is 1.77. The second-order valence-electron chi connectivity index (χ2n) is 9.42. The van der Waals surface area contributed by atoms with E-state index in [4.69, 9.17) is 0 Å². The Balaban J connectivity index is 1.78. The number of hydrogen-bond donors (Lipinski definition) is 0. The van der Waals surface area contributed by atoms with E-state index in [1.165, 1.54) is 141 Å². The average Bonchev–Trinajstić information content (AvgIpc) is 2.63. The van der Waals surface area contributed by atoms with Crippen molar-refractivity contribution in [3.8, 4) is 0 Å². The first-order valence-electron chi connectivity index (χ1n) is 12.6. The molecule has 0 unspecified atom stereocenters. The van der Waals surface area contributed by atoms with Crippen LogP contribution in [0.1, 0.15) is 141 Å². The van der Waals surface area contributed by atoms with Gasteiger partial charge in [-0.15, -0.1) is 0 Å². The van der Waals surface area contributed by atoms with E-state index >= 15 is 0 Å². The molecule has 0 aromatic rings. The van der Waals surface area contributed by atoms with Gasteiger partial charge in [0.25, 0.3) is 0 Å². The Morgan fingerprint density at radius 1 is 0.269 bits per heavy atom. The molecule has 26 heavy (non-hydrogen) atoms. The molecule has 0 spiro atoms. The van der Waals surface area contributed by atoms with Crippen LogP contribution in [-0.2, 0) is 0 Å². The molecule has 2 aliphatic carbocycles. The fraction of sp³-hybridized carbons (Fsp3) is 0.923. The van der Waals surface area contributed by atoms with Crippen molar-refractivity contribution in [3.63, 3.8) is 0 Å². The molecule has 2 fully saturated rings. The van der Waals surface area contributed by atoms with Crippen LogP contribution in [0.15, 0.2) is 12.2 Å². The molecule has 0 aliphatic heterocycles. The van der Waals surface area contributed by atoms with Crippen LogP contribution in [0.5, 0.6) is 0 Å². The largest absolute Gasteiger partial charge is 0.0851 e. The van der Waals surface area contributed by atoms with Crippen LogP contribution in [0, 0.1) is 11.8 Å². The van der Waals surface area contributed by atoms with Gasteiger partial charge in [0, 0.05) is 0 Å². The lowest BCUT2D eigenvalue weighted by Gasteiger charge is -2.17. The van der Waals surface area contributed by atoms with E-state index in [-0.39, 0.29) is 0 Å². The Morgan fingerprint density at radius 2 is 0.462 bits per heavy atom. The van der Waals surface area contributed by atoms with Gasteiger partial charge in [-0.3, -0.25) is 0 Å². The Morgan fingerprint density at radius 3 is 0.692 bits per heavy atom. The maximum Gasteiger partial charge on any atom is -0.0233 e. The Kier molecular flexibility index (Phi) is 13.4. The minimum absolute atomic E-state index is 0.885. The summed E-state index contributed by atoms with van der Waals surface area (Å²) in [7, 11) is 0. The Labute approximate surface area is 165 Å². The molecule has 0 atom stereocenters. The monoisotopic (exact) mass is 360 g/mol. The van der Waals surface area contributed by atoms with E-state index < -0.39 is 0 Å².